The molecule has 0 saturated carbocycles. The highest BCUT2D eigenvalue weighted by Crippen LogP contribution is 2.26. The van der Waals surface area contributed by atoms with Crippen molar-refractivity contribution in [2.45, 2.75) is 13.0 Å². The molecule has 6 heteroatoms. The second kappa shape index (κ2) is 9.71. The number of carbonyl (C=O) groups excluding carboxylic acids is 1. The Morgan fingerprint density at radius 2 is 1.90 bits per heavy atom. The van der Waals surface area contributed by atoms with E-state index in [4.69, 9.17) is 4.74 Å². The third kappa shape index (κ3) is 6.05. The summed E-state index contributed by atoms with van der Waals surface area (Å²) in [4.78, 5) is 18.7. The van der Waals surface area contributed by atoms with Crippen LogP contribution in [0.4, 0.5) is 10.5 Å². The fourth-order valence-electron chi connectivity index (χ4n) is 2.99. The van der Waals surface area contributed by atoms with E-state index in [1.165, 1.54) is 0 Å². The Labute approximate surface area is 171 Å². The molecule has 1 atom stereocenters. The topological polar surface area (TPSA) is 66.5 Å². The molecule has 1 aromatic heterocycles. The van der Waals surface area contributed by atoms with Gasteiger partial charge in [-0.2, -0.15) is 0 Å². The molecule has 2 aromatic carbocycles. The lowest BCUT2D eigenvalue weighted by Crippen LogP contribution is -2.37. The van der Waals surface area contributed by atoms with Gasteiger partial charge >= 0.3 is 6.03 Å². The first-order chi connectivity index (χ1) is 14.0. The minimum absolute atomic E-state index is 0.111. The van der Waals surface area contributed by atoms with Crippen LogP contribution in [0.15, 0.2) is 73.1 Å². The molecule has 0 spiro atoms. The fraction of sp³-hybridized carbons (Fsp3) is 0.217. The summed E-state index contributed by atoms with van der Waals surface area (Å²) >= 11 is 0. The molecular weight excluding hydrogens is 364 g/mol. The van der Waals surface area contributed by atoms with Crippen LogP contribution >= 0.6 is 0 Å². The molecule has 29 heavy (non-hydrogen) atoms. The highest BCUT2D eigenvalue weighted by Gasteiger charge is 2.15. The smallest absolute Gasteiger partial charge is 0.319 e. The molecular formula is C23H26N4O2. The number of benzene rings is 2. The molecule has 0 bridgehead atoms. The second-order valence-electron chi connectivity index (χ2n) is 7.10. The largest absolute Gasteiger partial charge is 0.455 e. The minimum atomic E-state index is -0.249. The van der Waals surface area contributed by atoms with Crippen LogP contribution in [0.5, 0.6) is 11.5 Å². The van der Waals surface area contributed by atoms with E-state index in [0.29, 0.717) is 18.0 Å². The van der Waals surface area contributed by atoms with Crippen LogP contribution in [-0.4, -0.2) is 36.6 Å². The summed E-state index contributed by atoms with van der Waals surface area (Å²) < 4.78 is 5.84. The van der Waals surface area contributed by atoms with Gasteiger partial charge in [0.05, 0.1) is 12.2 Å². The van der Waals surface area contributed by atoms with Gasteiger partial charge in [-0.3, -0.25) is 4.98 Å². The quantitative estimate of drug-likeness (QED) is 0.618. The van der Waals surface area contributed by atoms with Gasteiger partial charge in [-0.25, -0.2) is 4.79 Å². The molecule has 0 aliphatic heterocycles. The number of ether oxygens (including phenoxy) is 1. The number of hydrogen-bond acceptors (Lipinski definition) is 4. The Kier molecular flexibility index (Phi) is 6.81. The number of pyridine rings is 1. The number of rotatable bonds is 7. The highest BCUT2D eigenvalue weighted by molar-refractivity contribution is 5.89. The summed E-state index contributed by atoms with van der Waals surface area (Å²) in [5.74, 6) is 1.39. The van der Waals surface area contributed by atoms with E-state index < -0.39 is 0 Å². The average molecular weight is 390 g/mol. The van der Waals surface area contributed by atoms with Gasteiger partial charge in [-0.1, -0.05) is 30.3 Å². The summed E-state index contributed by atoms with van der Waals surface area (Å²) in [6, 6.07) is 18.8. The Morgan fingerprint density at radius 1 is 1.10 bits per heavy atom. The van der Waals surface area contributed by atoms with Crippen molar-refractivity contribution in [2.24, 2.45) is 0 Å². The van der Waals surface area contributed by atoms with E-state index in [9.17, 15) is 4.79 Å². The predicted octanol–water partition coefficient (Wildman–Crippen LogP) is 4.61. The highest BCUT2D eigenvalue weighted by atomic mass is 16.5. The molecule has 1 heterocycles. The molecule has 150 valence electrons. The maximum absolute atomic E-state index is 12.6. The van der Waals surface area contributed by atoms with Crippen LogP contribution in [0.2, 0.25) is 0 Å². The number of nitrogens with zero attached hydrogens (tertiary/aromatic N) is 2. The molecule has 3 aromatic rings. The van der Waals surface area contributed by atoms with Crippen molar-refractivity contribution >= 4 is 11.7 Å². The SMILES string of the molecule is Cc1cc(NC(=O)NC(CN(C)C)c2ccccc2)ccc1Oc1cccnc1. The number of nitrogens with one attached hydrogen (secondary N) is 2. The molecule has 0 radical (unpaired) electrons. The normalized spacial score (nSPS) is 11.7. The van der Waals surface area contributed by atoms with Crippen molar-refractivity contribution in [1.29, 1.82) is 0 Å². The van der Waals surface area contributed by atoms with Gasteiger partial charge in [0, 0.05) is 18.4 Å². The monoisotopic (exact) mass is 390 g/mol. The van der Waals surface area contributed by atoms with Crippen LogP contribution in [-0.2, 0) is 0 Å². The van der Waals surface area contributed by atoms with E-state index >= 15 is 0 Å². The summed E-state index contributed by atoms with van der Waals surface area (Å²) in [6.45, 7) is 2.64. The Bertz CT molecular complexity index is 930. The molecule has 2 amide bonds. The Balaban J connectivity index is 1.65. The zero-order chi connectivity index (χ0) is 20.6. The van der Waals surface area contributed by atoms with Crippen molar-refractivity contribution < 1.29 is 9.53 Å². The molecule has 3 rings (SSSR count). The molecule has 0 fully saturated rings. The number of aromatic nitrogens is 1. The maximum Gasteiger partial charge on any atom is 0.319 e. The van der Waals surface area contributed by atoms with Crippen LogP contribution in [0.25, 0.3) is 0 Å². The van der Waals surface area contributed by atoms with Crippen LogP contribution in [0, 0.1) is 6.92 Å². The number of amides is 2. The number of carbonyl (C=O) groups is 1. The van der Waals surface area contributed by atoms with Crippen molar-refractivity contribution in [1.82, 2.24) is 15.2 Å². The number of hydrogen-bond donors (Lipinski definition) is 2. The van der Waals surface area contributed by atoms with E-state index in [0.717, 1.165) is 16.9 Å². The van der Waals surface area contributed by atoms with Crippen molar-refractivity contribution in [3.8, 4) is 11.5 Å². The average Bonchev–Trinajstić information content (AvgIpc) is 2.71. The van der Waals surface area contributed by atoms with Gasteiger partial charge in [0.15, 0.2) is 0 Å². The van der Waals surface area contributed by atoms with Gasteiger partial charge in [0.25, 0.3) is 0 Å². The van der Waals surface area contributed by atoms with E-state index in [-0.39, 0.29) is 12.1 Å². The molecule has 0 aliphatic carbocycles. The zero-order valence-electron chi connectivity index (χ0n) is 16.9. The minimum Gasteiger partial charge on any atom is -0.455 e. The number of anilines is 1. The van der Waals surface area contributed by atoms with Crippen molar-refractivity contribution in [3.05, 3.63) is 84.2 Å². The summed E-state index contributed by atoms with van der Waals surface area (Å²) in [5.41, 5.74) is 2.68. The Hall–Kier alpha value is -3.38. The number of likely N-dealkylation sites (N-methyl/N-ethyl adjacent to an activating group) is 1. The van der Waals surface area contributed by atoms with E-state index in [1.807, 2.05) is 86.6 Å². The van der Waals surface area contributed by atoms with Crippen LogP contribution < -0.4 is 15.4 Å². The lowest BCUT2D eigenvalue weighted by Gasteiger charge is -2.23. The van der Waals surface area contributed by atoms with E-state index in [1.54, 1.807) is 12.4 Å². The summed E-state index contributed by atoms with van der Waals surface area (Å²) in [6.07, 6.45) is 3.36. The van der Waals surface area contributed by atoms with Gasteiger partial charge in [-0.15, -0.1) is 0 Å². The lowest BCUT2D eigenvalue weighted by atomic mass is 10.1. The summed E-state index contributed by atoms with van der Waals surface area (Å²) in [7, 11) is 3.97. The second-order valence-corrected chi connectivity index (χ2v) is 7.10. The molecule has 6 nitrogen and oxygen atoms in total. The standard InChI is InChI=1S/C23H26N4O2/c1-17-14-19(11-12-22(17)29-20-10-7-13-24-15-20)25-23(28)26-21(16-27(2)3)18-8-5-4-6-9-18/h4-15,21H,16H2,1-3H3,(H2,25,26,28). The first-order valence-corrected chi connectivity index (χ1v) is 9.47. The number of aryl methyl sites for hydroxylation is 1. The van der Waals surface area contributed by atoms with Crippen LogP contribution in [0.3, 0.4) is 0 Å². The molecule has 0 aliphatic rings. The number of urea groups is 1. The van der Waals surface area contributed by atoms with Crippen LogP contribution in [0.1, 0.15) is 17.2 Å². The van der Waals surface area contributed by atoms with Gasteiger partial charge in [0.1, 0.15) is 11.5 Å². The first-order valence-electron chi connectivity index (χ1n) is 9.47. The maximum atomic E-state index is 12.6. The zero-order valence-corrected chi connectivity index (χ0v) is 16.9. The third-order valence-electron chi connectivity index (χ3n) is 4.35. The van der Waals surface area contributed by atoms with Gasteiger partial charge in [0.2, 0.25) is 0 Å². The van der Waals surface area contributed by atoms with Gasteiger partial charge in [-0.05, 0) is 62.5 Å². The Morgan fingerprint density at radius 3 is 2.55 bits per heavy atom. The third-order valence-corrected chi connectivity index (χ3v) is 4.35. The first kappa shape index (κ1) is 20.4. The van der Waals surface area contributed by atoms with Gasteiger partial charge < -0.3 is 20.3 Å². The van der Waals surface area contributed by atoms with Crippen molar-refractivity contribution in [3.63, 3.8) is 0 Å². The molecule has 1 unspecified atom stereocenters. The summed E-state index contributed by atoms with van der Waals surface area (Å²) in [5, 5.41) is 5.97. The molecule has 0 saturated heterocycles. The molecule has 2 N–H and O–H groups in total. The van der Waals surface area contributed by atoms with E-state index in [2.05, 4.69) is 15.6 Å². The predicted molar refractivity (Wildman–Crippen MR) is 115 cm³/mol. The lowest BCUT2D eigenvalue weighted by molar-refractivity contribution is 0.244. The fourth-order valence-corrected chi connectivity index (χ4v) is 2.99. The van der Waals surface area contributed by atoms with Crippen molar-refractivity contribution in [2.75, 3.05) is 26.0 Å².